The van der Waals surface area contributed by atoms with Crippen LogP contribution in [0.2, 0.25) is 0 Å². The molecule has 0 aliphatic heterocycles. The Labute approximate surface area is 118 Å². The van der Waals surface area contributed by atoms with Crippen molar-refractivity contribution >= 4 is 11.9 Å². The van der Waals surface area contributed by atoms with Gasteiger partial charge in [0.1, 0.15) is 0 Å². The van der Waals surface area contributed by atoms with Crippen molar-refractivity contribution in [1.29, 1.82) is 0 Å². The number of rotatable bonds is 7. The Morgan fingerprint density at radius 2 is 1.85 bits per heavy atom. The summed E-state index contributed by atoms with van der Waals surface area (Å²) < 4.78 is 10.4. The smallest absolute Gasteiger partial charge is 0.350 e. The molecule has 0 unspecified atom stereocenters. The molecular weight excluding hydrogens is 260 g/mol. The maximum Gasteiger partial charge on any atom is 0.350 e. The number of carbonyl (C=O) groups is 2. The summed E-state index contributed by atoms with van der Waals surface area (Å²) in [6.45, 7) is 5.01. The maximum absolute atomic E-state index is 12.0. The molecule has 1 aromatic carbocycles. The predicted octanol–water partition coefficient (Wildman–Crippen LogP) is 2.25. The van der Waals surface area contributed by atoms with Crippen molar-refractivity contribution in [2.45, 2.75) is 33.0 Å². The summed E-state index contributed by atoms with van der Waals surface area (Å²) in [5.41, 5.74) is -1.19. The highest BCUT2D eigenvalue weighted by atomic mass is 16.6. The van der Waals surface area contributed by atoms with Crippen LogP contribution in [0.25, 0.3) is 0 Å². The van der Waals surface area contributed by atoms with E-state index in [9.17, 15) is 14.7 Å². The van der Waals surface area contributed by atoms with E-state index in [2.05, 4.69) is 0 Å². The average molecular weight is 280 g/mol. The first-order chi connectivity index (χ1) is 9.45. The van der Waals surface area contributed by atoms with E-state index in [-0.39, 0.29) is 13.2 Å². The minimum atomic E-state index is -1.98. The van der Waals surface area contributed by atoms with Crippen molar-refractivity contribution in [2.24, 2.45) is 5.92 Å². The number of carboxylic acid groups (broad SMARTS) is 1. The maximum atomic E-state index is 12.0. The third-order valence-corrected chi connectivity index (χ3v) is 3.02. The standard InChI is InChI=1S/C15H20O5/c1-4-19-14(18)15(11(2)3,13(16)17)20-10-12-8-6-5-7-9-12/h5-9,11H,4,10H2,1-3H3,(H,16,17)/t15-/m1/s1. The minimum absolute atomic E-state index is 0.0319. The lowest BCUT2D eigenvalue weighted by Gasteiger charge is -2.30. The lowest BCUT2D eigenvalue weighted by Crippen LogP contribution is -2.54. The molecular formula is C15H20O5. The van der Waals surface area contributed by atoms with Gasteiger partial charge in [-0.3, -0.25) is 0 Å². The molecule has 1 atom stereocenters. The highest BCUT2D eigenvalue weighted by molar-refractivity contribution is 6.03. The molecule has 0 spiro atoms. The van der Waals surface area contributed by atoms with Crippen LogP contribution in [0.5, 0.6) is 0 Å². The van der Waals surface area contributed by atoms with E-state index in [0.717, 1.165) is 5.56 Å². The van der Waals surface area contributed by atoms with Crippen molar-refractivity contribution in [1.82, 2.24) is 0 Å². The number of carbonyl (C=O) groups excluding carboxylic acids is 1. The highest BCUT2D eigenvalue weighted by Gasteiger charge is 2.52. The molecule has 0 aliphatic carbocycles. The van der Waals surface area contributed by atoms with Gasteiger partial charge in [-0.1, -0.05) is 44.2 Å². The van der Waals surface area contributed by atoms with E-state index in [0.29, 0.717) is 0 Å². The van der Waals surface area contributed by atoms with Crippen LogP contribution in [-0.4, -0.2) is 29.3 Å². The second kappa shape index (κ2) is 7.05. The number of esters is 1. The second-order valence-electron chi connectivity index (χ2n) is 4.69. The van der Waals surface area contributed by atoms with Crippen molar-refractivity contribution in [3.8, 4) is 0 Å². The van der Waals surface area contributed by atoms with Crippen LogP contribution in [0.15, 0.2) is 30.3 Å². The van der Waals surface area contributed by atoms with E-state index in [4.69, 9.17) is 9.47 Å². The van der Waals surface area contributed by atoms with Crippen molar-refractivity contribution in [2.75, 3.05) is 6.61 Å². The van der Waals surface area contributed by atoms with Crippen LogP contribution in [0.4, 0.5) is 0 Å². The first-order valence-electron chi connectivity index (χ1n) is 6.53. The van der Waals surface area contributed by atoms with Crippen LogP contribution < -0.4 is 0 Å². The van der Waals surface area contributed by atoms with Crippen molar-refractivity contribution < 1.29 is 24.2 Å². The van der Waals surface area contributed by atoms with Crippen LogP contribution in [0.1, 0.15) is 26.3 Å². The van der Waals surface area contributed by atoms with Gasteiger partial charge in [0.25, 0.3) is 5.60 Å². The third kappa shape index (κ3) is 3.36. The zero-order valence-electron chi connectivity index (χ0n) is 12.0. The normalized spacial score (nSPS) is 13.8. The minimum Gasteiger partial charge on any atom is -0.479 e. The number of carboxylic acids is 1. The molecule has 0 heterocycles. The zero-order chi connectivity index (χ0) is 15.2. The van der Waals surface area contributed by atoms with Crippen LogP contribution in [0, 0.1) is 5.92 Å². The van der Waals surface area contributed by atoms with E-state index in [1.165, 1.54) is 0 Å². The Bertz CT molecular complexity index is 455. The summed E-state index contributed by atoms with van der Waals surface area (Å²) in [5, 5.41) is 9.44. The predicted molar refractivity (Wildman–Crippen MR) is 73.1 cm³/mol. The molecule has 0 fully saturated rings. The number of aliphatic carboxylic acids is 1. The van der Waals surface area contributed by atoms with Gasteiger partial charge < -0.3 is 14.6 Å². The molecule has 0 saturated carbocycles. The molecule has 110 valence electrons. The monoisotopic (exact) mass is 280 g/mol. The summed E-state index contributed by atoms with van der Waals surface area (Å²) >= 11 is 0. The summed E-state index contributed by atoms with van der Waals surface area (Å²) in [6, 6.07) is 9.10. The lowest BCUT2D eigenvalue weighted by molar-refractivity contribution is -0.196. The second-order valence-corrected chi connectivity index (χ2v) is 4.69. The lowest BCUT2D eigenvalue weighted by atomic mass is 9.90. The Morgan fingerprint density at radius 3 is 2.30 bits per heavy atom. The molecule has 20 heavy (non-hydrogen) atoms. The molecule has 0 aromatic heterocycles. The molecule has 0 aliphatic rings. The van der Waals surface area contributed by atoms with E-state index in [1.807, 2.05) is 18.2 Å². The molecule has 0 saturated heterocycles. The van der Waals surface area contributed by atoms with Gasteiger partial charge >= 0.3 is 11.9 Å². The molecule has 1 rings (SSSR count). The molecule has 1 N–H and O–H groups in total. The van der Waals surface area contributed by atoms with E-state index >= 15 is 0 Å². The number of hydrogen-bond donors (Lipinski definition) is 1. The quantitative estimate of drug-likeness (QED) is 0.612. The van der Waals surface area contributed by atoms with Crippen LogP contribution in [-0.2, 0) is 25.7 Å². The van der Waals surface area contributed by atoms with E-state index in [1.54, 1.807) is 32.9 Å². The molecule has 0 radical (unpaired) electrons. The Balaban J connectivity index is 2.98. The fraction of sp³-hybridized carbons (Fsp3) is 0.467. The largest absolute Gasteiger partial charge is 0.479 e. The Kier molecular flexibility index (Phi) is 5.70. The fourth-order valence-corrected chi connectivity index (χ4v) is 1.87. The summed E-state index contributed by atoms with van der Waals surface area (Å²) in [4.78, 5) is 23.6. The van der Waals surface area contributed by atoms with Crippen molar-refractivity contribution in [3.63, 3.8) is 0 Å². The van der Waals surface area contributed by atoms with Gasteiger partial charge in [0, 0.05) is 5.92 Å². The zero-order valence-corrected chi connectivity index (χ0v) is 12.0. The van der Waals surface area contributed by atoms with Gasteiger partial charge in [-0.2, -0.15) is 0 Å². The SMILES string of the molecule is CCOC(=O)[C@](OCc1ccccc1)(C(=O)O)C(C)C. The topological polar surface area (TPSA) is 72.8 Å². The number of hydrogen-bond acceptors (Lipinski definition) is 4. The van der Waals surface area contributed by atoms with Crippen LogP contribution >= 0.6 is 0 Å². The van der Waals surface area contributed by atoms with Crippen molar-refractivity contribution in [3.05, 3.63) is 35.9 Å². The first-order valence-corrected chi connectivity index (χ1v) is 6.53. The van der Waals surface area contributed by atoms with Gasteiger partial charge in [-0.15, -0.1) is 0 Å². The van der Waals surface area contributed by atoms with Gasteiger partial charge in [-0.05, 0) is 12.5 Å². The number of benzene rings is 1. The highest BCUT2D eigenvalue weighted by Crippen LogP contribution is 2.26. The molecule has 5 nitrogen and oxygen atoms in total. The van der Waals surface area contributed by atoms with Gasteiger partial charge in [0.2, 0.25) is 0 Å². The Hall–Kier alpha value is -1.88. The molecule has 0 bridgehead atoms. The first kappa shape index (κ1) is 16.2. The van der Waals surface area contributed by atoms with Gasteiger partial charge in [-0.25, -0.2) is 9.59 Å². The number of ether oxygens (including phenoxy) is 2. The van der Waals surface area contributed by atoms with Gasteiger partial charge in [0.05, 0.1) is 13.2 Å². The third-order valence-electron chi connectivity index (χ3n) is 3.02. The van der Waals surface area contributed by atoms with Gasteiger partial charge in [0.15, 0.2) is 0 Å². The summed E-state index contributed by atoms with van der Waals surface area (Å²) in [7, 11) is 0. The van der Waals surface area contributed by atoms with E-state index < -0.39 is 23.5 Å². The average Bonchev–Trinajstić information content (AvgIpc) is 2.40. The molecule has 0 amide bonds. The molecule has 5 heteroatoms. The molecule has 1 aromatic rings. The van der Waals surface area contributed by atoms with Crippen LogP contribution in [0.3, 0.4) is 0 Å². The summed E-state index contributed by atoms with van der Waals surface area (Å²) in [6.07, 6.45) is 0. The summed E-state index contributed by atoms with van der Waals surface area (Å²) in [5.74, 6) is -2.75. The fourth-order valence-electron chi connectivity index (χ4n) is 1.87. The Morgan fingerprint density at radius 1 is 1.25 bits per heavy atom.